The largest absolute Gasteiger partial charge is 0.175 e. The minimum absolute atomic E-state index is 0.0435. The Morgan fingerprint density at radius 1 is 1.00 bits per heavy atom. The van der Waals surface area contributed by atoms with E-state index in [1.54, 1.807) is 0 Å². The third-order valence-electron chi connectivity index (χ3n) is 2.86. The average molecular weight is 355 g/mol. The van der Waals surface area contributed by atoms with Crippen molar-refractivity contribution in [1.82, 2.24) is 0 Å². The summed E-state index contributed by atoms with van der Waals surface area (Å²) in [7, 11) is 0. The first-order chi connectivity index (χ1) is 8.31. The molecule has 0 aromatic heterocycles. The Hall–Kier alpha value is 0.800. The zero-order valence-electron chi connectivity index (χ0n) is 12.3. The molecule has 0 N–H and O–H groups in total. The summed E-state index contributed by atoms with van der Waals surface area (Å²) in [6, 6.07) is 6.52. The molecule has 0 aliphatic rings. The lowest BCUT2D eigenvalue weighted by Gasteiger charge is -2.27. The van der Waals surface area contributed by atoms with Gasteiger partial charge in [0.15, 0.2) is 3.95 Å². The van der Waals surface area contributed by atoms with Gasteiger partial charge in [-0.25, -0.2) is 0 Å². The van der Waals surface area contributed by atoms with E-state index in [4.69, 9.17) is 34.3 Å². The van der Waals surface area contributed by atoms with Gasteiger partial charge in [0.25, 0.3) is 0 Å². The lowest BCUT2D eigenvalue weighted by Crippen LogP contribution is -2.17. The van der Waals surface area contributed by atoms with Crippen LogP contribution in [0.15, 0.2) is 23.1 Å². The van der Waals surface area contributed by atoms with Crippen LogP contribution >= 0.6 is 37.8 Å². The van der Waals surface area contributed by atoms with E-state index in [0.29, 0.717) is 0 Å². The van der Waals surface area contributed by atoms with Gasteiger partial charge in [-0.3, -0.25) is 0 Å². The SMILES string of the molecule is CC(C)(C)c1ccc(SP(=S)(Cl)Cl)c(C(C)(C)C)c1. The fourth-order valence-corrected chi connectivity index (χ4v) is 5.82. The van der Waals surface area contributed by atoms with E-state index in [9.17, 15) is 0 Å². The Morgan fingerprint density at radius 3 is 1.89 bits per heavy atom. The van der Waals surface area contributed by atoms with Crippen molar-refractivity contribution in [3.8, 4) is 0 Å². The second kappa shape index (κ2) is 5.89. The van der Waals surface area contributed by atoms with Gasteiger partial charge in [-0.15, -0.1) is 0 Å². The Morgan fingerprint density at radius 2 is 1.53 bits per heavy atom. The molecule has 0 aliphatic heterocycles. The van der Waals surface area contributed by atoms with Gasteiger partial charge in [-0.1, -0.05) is 99.3 Å². The van der Waals surface area contributed by atoms with Gasteiger partial charge < -0.3 is 0 Å². The maximum atomic E-state index is 6.07. The van der Waals surface area contributed by atoms with Crippen LogP contribution in [0.5, 0.6) is 0 Å². The van der Waals surface area contributed by atoms with Crippen LogP contribution in [-0.4, -0.2) is 0 Å². The third-order valence-corrected chi connectivity index (χ3v) is 6.76. The zero-order valence-corrected chi connectivity index (χ0v) is 16.3. The molecule has 19 heavy (non-hydrogen) atoms. The standard InChI is InChI=1S/C14H21Cl2PS2/c1-13(2,3)10-7-8-12(19-17(15,16)18)11(9-10)14(4,5)6/h7-9H,1-6H3. The maximum Gasteiger partial charge on any atom is 0.175 e. The normalized spacial score (nSPS) is 13.7. The van der Waals surface area contributed by atoms with Gasteiger partial charge in [0.1, 0.15) is 0 Å². The molecule has 0 nitrogen and oxygen atoms in total. The van der Waals surface area contributed by atoms with Crippen LogP contribution in [-0.2, 0) is 22.6 Å². The van der Waals surface area contributed by atoms with Gasteiger partial charge >= 0.3 is 0 Å². The van der Waals surface area contributed by atoms with Crippen molar-refractivity contribution in [2.75, 3.05) is 0 Å². The van der Waals surface area contributed by atoms with E-state index in [1.165, 1.54) is 22.5 Å². The molecule has 0 aliphatic carbocycles. The van der Waals surface area contributed by atoms with Crippen molar-refractivity contribution in [3.05, 3.63) is 29.3 Å². The highest BCUT2D eigenvalue weighted by Gasteiger charge is 2.24. The molecule has 0 atom stereocenters. The summed E-state index contributed by atoms with van der Waals surface area (Å²) in [6.45, 7) is 13.2. The molecular weight excluding hydrogens is 334 g/mol. The van der Waals surface area contributed by atoms with E-state index >= 15 is 0 Å². The molecule has 5 heteroatoms. The zero-order chi connectivity index (χ0) is 15.1. The molecule has 0 saturated heterocycles. The van der Waals surface area contributed by atoms with Crippen LogP contribution in [0.2, 0.25) is 0 Å². The maximum absolute atomic E-state index is 6.07. The van der Waals surface area contributed by atoms with Crippen molar-refractivity contribution in [2.45, 2.75) is 57.3 Å². The van der Waals surface area contributed by atoms with E-state index in [0.717, 1.165) is 4.90 Å². The molecule has 0 saturated carbocycles. The molecule has 108 valence electrons. The minimum Gasteiger partial charge on any atom is -0.0582 e. The molecule has 1 rings (SSSR count). The number of hydrogen-bond acceptors (Lipinski definition) is 2. The van der Waals surface area contributed by atoms with E-state index in [1.807, 2.05) is 0 Å². The van der Waals surface area contributed by atoms with Crippen molar-refractivity contribution >= 4 is 49.6 Å². The van der Waals surface area contributed by atoms with Gasteiger partial charge in [0.05, 0.1) is 0 Å². The molecule has 0 amide bonds. The highest BCUT2D eigenvalue weighted by molar-refractivity contribution is 8.85. The fourth-order valence-electron chi connectivity index (χ4n) is 1.78. The van der Waals surface area contributed by atoms with Crippen LogP contribution < -0.4 is 0 Å². The van der Waals surface area contributed by atoms with E-state index < -0.39 is 3.95 Å². The first kappa shape index (κ1) is 17.9. The van der Waals surface area contributed by atoms with Crippen molar-refractivity contribution in [3.63, 3.8) is 0 Å². The van der Waals surface area contributed by atoms with Crippen LogP contribution in [0.1, 0.15) is 52.7 Å². The second-order valence-electron chi connectivity index (χ2n) is 6.72. The molecule has 0 spiro atoms. The lowest BCUT2D eigenvalue weighted by molar-refractivity contribution is 0.560. The molecule has 0 bridgehead atoms. The van der Waals surface area contributed by atoms with Gasteiger partial charge in [-0.05, 0) is 28.0 Å². The van der Waals surface area contributed by atoms with Crippen molar-refractivity contribution in [1.29, 1.82) is 0 Å². The minimum atomic E-state index is -2.35. The van der Waals surface area contributed by atoms with Crippen LogP contribution in [0.3, 0.4) is 0 Å². The summed E-state index contributed by atoms with van der Waals surface area (Å²) in [5.41, 5.74) is 2.76. The van der Waals surface area contributed by atoms with Gasteiger partial charge in [-0.2, -0.15) is 0 Å². The van der Waals surface area contributed by atoms with Crippen molar-refractivity contribution < 1.29 is 0 Å². The summed E-state index contributed by atoms with van der Waals surface area (Å²) in [5.74, 6) is 0. The summed E-state index contributed by atoms with van der Waals surface area (Å²) >= 11 is 18.7. The highest BCUT2D eigenvalue weighted by Crippen LogP contribution is 2.71. The average Bonchev–Trinajstić information content (AvgIpc) is 2.11. The molecular formula is C14H21Cl2PS2. The van der Waals surface area contributed by atoms with Crippen molar-refractivity contribution in [2.24, 2.45) is 0 Å². The number of benzene rings is 1. The molecule has 0 fully saturated rings. The second-order valence-corrected chi connectivity index (χ2v) is 18.7. The van der Waals surface area contributed by atoms with Gasteiger partial charge in [0, 0.05) is 4.90 Å². The Labute approximate surface area is 136 Å². The first-order valence-electron chi connectivity index (χ1n) is 6.15. The summed E-state index contributed by atoms with van der Waals surface area (Å²) in [6.07, 6.45) is 0. The number of halogens is 2. The smallest absolute Gasteiger partial charge is 0.0582 e. The fraction of sp³-hybridized carbons (Fsp3) is 0.571. The summed E-state index contributed by atoms with van der Waals surface area (Å²) in [4.78, 5) is 1.11. The lowest BCUT2D eigenvalue weighted by atomic mass is 9.81. The predicted octanol–water partition coefficient (Wildman–Crippen LogP) is 7.08. The van der Waals surface area contributed by atoms with E-state index in [-0.39, 0.29) is 10.8 Å². The first-order valence-corrected chi connectivity index (χ1v) is 12.2. The third kappa shape index (κ3) is 5.59. The van der Waals surface area contributed by atoms with Crippen LogP contribution in [0.25, 0.3) is 0 Å². The predicted molar refractivity (Wildman–Crippen MR) is 95.7 cm³/mol. The quantitative estimate of drug-likeness (QED) is 0.520. The van der Waals surface area contributed by atoms with E-state index in [2.05, 4.69) is 59.7 Å². The molecule has 0 unspecified atom stereocenters. The summed E-state index contributed by atoms with van der Waals surface area (Å²) < 4.78 is -2.35. The summed E-state index contributed by atoms with van der Waals surface area (Å²) in [5, 5.41) is 0. The number of rotatable bonds is 2. The monoisotopic (exact) mass is 354 g/mol. The molecule has 0 radical (unpaired) electrons. The molecule has 1 aromatic carbocycles. The molecule has 1 aromatic rings. The highest BCUT2D eigenvalue weighted by atomic mass is 35.9. The van der Waals surface area contributed by atoms with Gasteiger partial charge in [0.2, 0.25) is 0 Å². The Kier molecular flexibility index (Phi) is 5.53. The van der Waals surface area contributed by atoms with Crippen LogP contribution in [0.4, 0.5) is 0 Å². The molecule has 0 heterocycles. The number of hydrogen-bond donors (Lipinski definition) is 0. The van der Waals surface area contributed by atoms with Crippen LogP contribution in [0, 0.1) is 0 Å². The Balaban J connectivity index is 3.38. The topological polar surface area (TPSA) is 0 Å². The Bertz CT molecular complexity index is 507.